The topological polar surface area (TPSA) is 21.3 Å². The molecule has 2 unspecified atom stereocenters. The van der Waals surface area contributed by atoms with Crippen molar-refractivity contribution in [2.45, 2.75) is 38.7 Å². The first-order valence-corrected chi connectivity index (χ1v) is 5.87. The Hall–Kier alpha value is -1.67. The predicted molar refractivity (Wildman–Crippen MR) is 67.6 cm³/mol. The lowest BCUT2D eigenvalue weighted by Gasteiger charge is -2.19. The zero-order valence-corrected chi connectivity index (χ0v) is 10.8. The van der Waals surface area contributed by atoms with Gasteiger partial charge in [0.05, 0.1) is 0 Å². The third-order valence-electron chi connectivity index (χ3n) is 2.57. The van der Waals surface area contributed by atoms with Crippen LogP contribution in [0.4, 0.5) is 13.2 Å². The number of benzene rings is 1. The first kappa shape index (κ1) is 15.4. The van der Waals surface area contributed by atoms with Crippen LogP contribution >= 0.6 is 0 Å². The molecule has 0 aromatic heterocycles. The van der Waals surface area contributed by atoms with Crippen LogP contribution in [0.5, 0.6) is 5.75 Å². The van der Waals surface area contributed by atoms with Gasteiger partial charge in [-0.15, -0.1) is 25.5 Å². The lowest BCUT2D eigenvalue weighted by molar-refractivity contribution is -0.274. The molecule has 0 saturated carbocycles. The molecular weight excluding hydrogens is 255 g/mol. The van der Waals surface area contributed by atoms with Crippen LogP contribution in [0.1, 0.15) is 31.9 Å². The molecule has 0 heterocycles. The average Bonchev–Trinajstić information content (AvgIpc) is 2.27. The summed E-state index contributed by atoms with van der Waals surface area (Å²) in [6, 6.07) is 5.94. The number of alkyl halides is 3. The Morgan fingerprint density at radius 3 is 2.32 bits per heavy atom. The van der Waals surface area contributed by atoms with Gasteiger partial charge in [-0.3, -0.25) is 0 Å². The summed E-state index contributed by atoms with van der Waals surface area (Å²) in [5.41, 5.74) is 0.874. The SMILES string of the molecule is C#CCC(C)NC(C)c1ccc(OC(F)(F)F)cc1. The summed E-state index contributed by atoms with van der Waals surface area (Å²) in [5, 5.41) is 3.26. The fourth-order valence-electron chi connectivity index (χ4n) is 1.72. The summed E-state index contributed by atoms with van der Waals surface area (Å²) in [7, 11) is 0. The normalized spacial score (nSPS) is 14.5. The van der Waals surface area contributed by atoms with Gasteiger partial charge in [-0.25, -0.2) is 0 Å². The van der Waals surface area contributed by atoms with E-state index in [1.807, 2.05) is 13.8 Å². The monoisotopic (exact) mass is 271 g/mol. The van der Waals surface area contributed by atoms with Crippen molar-refractivity contribution in [1.29, 1.82) is 0 Å². The maximum absolute atomic E-state index is 12.0. The molecule has 0 amide bonds. The Bertz CT molecular complexity index is 433. The van der Waals surface area contributed by atoms with Crippen LogP contribution in [0, 0.1) is 12.3 Å². The van der Waals surface area contributed by atoms with Crippen molar-refractivity contribution in [1.82, 2.24) is 5.32 Å². The number of terminal acetylenes is 1. The summed E-state index contributed by atoms with van der Waals surface area (Å²) in [4.78, 5) is 0. The second kappa shape index (κ2) is 6.48. The van der Waals surface area contributed by atoms with E-state index in [0.29, 0.717) is 6.42 Å². The third-order valence-corrected chi connectivity index (χ3v) is 2.57. The average molecular weight is 271 g/mol. The van der Waals surface area contributed by atoms with Gasteiger partial charge in [-0.1, -0.05) is 12.1 Å². The highest BCUT2D eigenvalue weighted by atomic mass is 19.4. The highest BCUT2D eigenvalue weighted by molar-refractivity contribution is 5.29. The Morgan fingerprint density at radius 1 is 1.26 bits per heavy atom. The smallest absolute Gasteiger partial charge is 0.406 e. The van der Waals surface area contributed by atoms with Crippen LogP contribution in [-0.4, -0.2) is 12.4 Å². The molecule has 0 aliphatic rings. The second-order valence-electron chi connectivity index (χ2n) is 4.31. The third kappa shape index (κ3) is 5.66. The maximum atomic E-state index is 12.0. The Kier molecular flexibility index (Phi) is 5.25. The van der Waals surface area contributed by atoms with E-state index in [1.165, 1.54) is 12.1 Å². The number of hydrogen-bond acceptors (Lipinski definition) is 2. The molecule has 2 nitrogen and oxygen atoms in total. The number of nitrogens with one attached hydrogen (secondary N) is 1. The molecule has 0 fully saturated rings. The number of hydrogen-bond donors (Lipinski definition) is 1. The largest absolute Gasteiger partial charge is 0.573 e. The summed E-state index contributed by atoms with van der Waals surface area (Å²) in [6.07, 6.45) is 1.15. The van der Waals surface area contributed by atoms with Crippen molar-refractivity contribution < 1.29 is 17.9 Å². The zero-order chi connectivity index (χ0) is 14.5. The maximum Gasteiger partial charge on any atom is 0.573 e. The first-order chi connectivity index (χ1) is 8.81. The zero-order valence-electron chi connectivity index (χ0n) is 10.8. The van der Waals surface area contributed by atoms with Gasteiger partial charge in [-0.05, 0) is 31.5 Å². The summed E-state index contributed by atoms with van der Waals surface area (Å²) < 4.78 is 39.8. The minimum Gasteiger partial charge on any atom is -0.406 e. The molecule has 2 atom stereocenters. The highest BCUT2D eigenvalue weighted by Crippen LogP contribution is 2.24. The van der Waals surface area contributed by atoms with E-state index >= 15 is 0 Å². The van der Waals surface area contributed by atoms with Crippen LogP contribution in [0.15, 0.2) is 24.3 Å². The summed E-state index contributed by atoms with van der Waals surface area (Å²) in [5.74, 6) is 2.33. The fourth-order valence-corrected chi connectivity index (χ4v) is 1.72. The molecule has 1 N–H and O–H groups in total. The standard InChI is InChI=1S/C14H16F3NO/c1-4-5-10(2)18-11(3)12-6-8-13(9-7-12)19-14(15,16)17/h1,6-11,18H,5H2,2-3H3. The predicted octanol–water partition coefficient (Wildman–Crippen LogP) is 3.65. The Labute approximate surface area is 111 Å². The van der Waals surface area contributed by atoms with Crippen molar-refractivity contribution in [3.63, 3.8) is 0 Å². The summed E-state index contributed by atoms with van der Waals surface area (Å²) in [6.45, 7) is 3.88. The molecule has 1 rings (SSSR count). The van der Waals surface area contributed by atoms with E-state index in [9.17, 15) is 13.2 Å². The lowest BCUT2D eigenvalue weighted by atomic mass is 10.1. The molecule has 1 aromatic rings. The lowest BCUT2D eigenvalue weighted by Crippen LogP contribution is -2.28. The molecule has 0 saturated heterocycles. The van der Waals surface area contributed by atoms with Crippen molar-refractivity contribution in [3.8, 4) is 18.1 Å². The van der Waals surface area contributed by atoms with Crippen LogP contribution in [0.25, 0.3) is 0 Å². The van der Waals surface area contributed by atoms with E-state index in [0.717, 1.165) is 5.56 Å². The van der Waals surface area contributed by atoms with E-state index in [-0.39, 0.29) is 17.8 Å². The van der Waals surface area contributed by atoms with Gasteiger partial charge in [0.2, 0.25) is 0 Å². The van der Waals surface area contributed by atoms with E-state index in [1.54, 1.807) is 12.1 Å². The minimum atomic E-state index is -4.66. The van der Waals surface area contributed by atoms with Gasteiger partial charge in [0.1, 0.15) is 5.75 Å². The molecule has 0 aliphatic carbocycles. The van der Waals surface area contributed by atoms with Crippen LogP contribution in [0.3, 0.4) is 0 Å². The Morgan fingerprint density at radius 2 is 1.84 bits per heavy atom. The Balaban J connectivity index is 2.63. The van der Waals surface area contributed by atoms with Gasteiger partial charge in [0.15, 0.2) is 0 Å². The highest BCUT2D eigenvalue weighted by Gasteiger charge is 2.31. The van der Waals surface area contributed by atoms with Gasteiger partial charge >= 0.3 is 6.36 Å². The number of halogens is 3. The second-order valence-corrected chi connectivity index (χ2v) is 4.31. The number of ether oxygens (including phenoxy) is 1. The van der Waals surface area contributed by atoms with Gasteiger partial charge in [-0.2, -0.15) is 0 Å². The van der Waals surface area contributed by atoms with Crippen LogP contribution in [0.2, 0.25) is 0 Å². The van der Waals surface area contributed by atoms with Crippen molar-refractivity contribution in [2.24, 2.45) is 0 Å². The molecule has 0 radical (unpaired) electrons. The fraction of sp³-hybridized carbons (Fsp3) is 0.429. The molecule has 0 bridgehead atoms. The molecule has 5 heteroatoms. The van der Waals surface area contributed by atoms with Crippen molar-refractivity contribution in [2.75, 3.05) is 0 Å². The van der Waals surface area contributed by atoms with Crippen LogP contribution in [-0.2, 0) is 0 Å². The molecule has 1 aromatic carbocycles. The molecule has 104 valence electrons. The van der Waals surface area contributed by atoms with E-state index < -0.39 is 6.36 Å². The molecular formula is C14H16F3NO. The quantitative estimate of drug-likeness (QED) is 0.825. The number of rotatable bonds is 5. The van der Waals surface area contributed by atoms with Gasteiger partial charge < -0.3 is 10.1 Å². The molecule has 0 spiro atoms. The first-order valence-electron chi connectivity index (χ1n) is 5.87. The van der Waals surface area contributed by atoms with Gasteiger partial charge in [0, 0.05) is 18.5 Å². The van der Waals surface area contributed by atoms with Gasteiger partial charge in [0.25, 0.3) is 0 Å². The molecule has 19 heavy (non-hydrogen) atoms. The van der Waals surface area contributed by atoms with E-state index in [4.69, 9.17) is 6.42 Å². The van der Waals surface area contributed by atoms with E-state index in [2.05, 4.69) is 16.0 Å². The minimum absolute atomic E-state index is 0.00304. The van der Waals surface area contributed by atoms with Crippen molar-refractivity contribution in [3.05, 3.63) is 29.8 Å². The summed E-state index contributed by atoms with van der Waals surface area (Å²) >= 11 is 0. The van der Waals surface area contributed by atoms with Crippen LogP contribution < -0.4 is 10.1 Å². The van der Waals surface area contributed by atoms with Crippen molar-refractivity contribution >= 4 is 0 Å². The molecule has 0 aliphatic heterocycles.